The summed E-state index contributed by atoms with van der Waals surface area (Å²) in [6.45, 7) is 5.22. The normalized spacial score (nSPS) is 19.3. The molecule has 1 aromatic carbocycles. The number of rotatable bonds is 5. The minimum absolute atomic E-state index is 0.215. The molecular formula is C25H32N6O3. The SMILES string of the molecule is Cc1cc(-c2cnc(N)c(Oc3cnn(C4CCN(C)CC4)c3)n2)cc(C2(O)CCOCC2)c1. The number of benzene rings is 1. The van der Waals surface area contributed by atoms with Crippen LogP contribution in [0.15, 0.2) is 36.8 Å². The Morgan fingerprint density at radius 2 is 1.91 bits per heavy atom. The summed E-state index contributed by atoms with van der Waals surface area (Å²) >= 11 is 0. The minimum atomic E-state index is -0.901. The molecule has 9 nitrogen and oxygen atoms in total. The zero-order valence-electron chi connectivity index (χ0n) is 19.8. The fraction of sp³-hybridized carbons (Fsp3) is 0.480. The molecule has 0 bridgehead atoms. The molecule has 2 saturated heterocycles. The van der Waals surface area contributed by atoms with Crippen LogP contribution in [0.4, 0.5) is 5.82 Å². The molecule has 2 aliphatic rings. The molecule has 0 spiro atoms. The summed E-state index contributed by atoms with van der Waals surface area (Å²) in [4.78, 5) is 11.3. The molecule has 180 valence electrons. The van der Waals surface area contributed by atoms with Gasteiger partial charge in [0.25, 0.3) is 5.88 Å². The Morgan fingerprint density at radius 1 is 1.15 bits per heavy atom. The molecule has 34 heavy (non-hydrogen) atoms. The van der Waals surface area contributed by atoms with Gasteiger partial charge in [-0.15, -0.1) is 0 Å². The second-order valence-corrected chi connectivity index (χ2v) is 9.47. The number of aliphatic hydroxyl groups is 1. The van der Waals surface area contributed by atoms with Gasteiger partial charge in [-0.3, -0.25) is 4.68 Å². The van der Waals surface area contributed by atoms with Crippen molar-refractivity contribution < 1.29 is 14.6 Å². The molecule has 0 unspecified atom stereocenters. The summed E-state index contributed by atoms with van der Waals surface area (Å²) in [5, 5.41) is 15.7. The first kappa shape index (κ1) is 22.8. The van der Waals surface area contributed by atoms with Gasteiger partial charge in [0.2, 0.25) is 0 Å². The van der Waals surface area contributed by atoms with Crippen molar-refractivity contribution >= 4 is 5.82 Å². The number of aromatic nitrogens is 4. The van der Waals surface area contributed by atoms with Gasteiger partial charge in [-0.25, -0.2) is 9.97 Å². The fourth-order valence-electron chi connectivity index (χ4n) is 4.74. The first-order chi connectivity index (χ1) is 16.4. The summed E-state index contributed by atoms with van der Waals surface area (Å²) < 4.78 is 13.4. The van der Waals surface area contributed by atoms with Crippen molar-refractivity contribution in [3.63, 3.8) is 0 Å². The first-order valence-electron chi connectivity index (χ1n) is 11.9. The third kappa shape index (κ3) is 4.77. The highest BCUT2D eigenvalue weighted by Crippen LogP contribution is 2.35. The summed E-state index contributed by atoms with van der Waals surface area (Å²) in [6, 6.07) is 6.38. The Bertz CT molecular complexity index is 1150. The quantitative estimate of drug-likeness (QED) is 0.592. The lowest BCUT2D eigenvalue weighted by atomic mass is 9.84. The molecule has 0 amide bonds. The van der Waals surface area contributed by atoms with Crippen molar-refractivity contribution in [2.75, 3.05) is 39.1 Å². The van der Waals surface area contributed by atoms with Crippen LogP contribution >= 0.6 is 0 Å². The van der Waals surface area contributed by atoms with Crippen LogP contribution in [0.3, 0.4) is 0 Å². The van der Waals surface area contributed by atoms with Crippen LogP contribution in [0.2, 0.25) is 0 Å². The highest BCUT2D eigenvalue weighted by Gasteiger charge is 2.32. The summed E-state index contributed by atoms with van der Waals surface area (Å²) in [7, 11) is 2.14. The van der Waals surface area contributed by atoms with Crippen LogP contribution in [0.5, 0.6) is 11.6 Å². The fourth-order valence-corrected chi connectivity index (χ4v) is 4.74. The maximum absolute atomic E-state index is 11.2. The average molecular weight is 465 g/mol. The van der Waals surface area contributed by atoms with E-state index in [4.69, 9.17) is 15.2 Å². The van der Waals surface area contributed by atoms with Crippen molar-refractivity contribution in [1.82, 2.24) is 24.6 Å². The predicted molar refractivity (Wildman–Crippen MR) is 129 cm³/mol. The lowest BCUT2D eigenvalue weighted by Gasteiger charge is -2.33. The maximum Gasteiger partial charge on any atom is 0.263 e. The highest BCUT2D eigenvalue weighted by atomic mass is 16.5. The van der Waals surface area contributed by atoms with Gasteiger partial charge in [-0.2, -0.15) is 5.10 Å². The zero-order valence-corrected chi connectivity index (χ0v) is 19.8. The second kappa shape index (κ2) is 9.32. The number of nitrogens with zero attached hydrogens (tertiary/aromatic N) is 5. The molecule has 0 radical (unpaired) electrons. The van der Waals surface area contributed by atoms with Crippen molar-refractivity contribution in [3.8, 4) is 22.9 Å². The van der Waals surface area contributed by atoms with E-state index in [0.717, 1.165) is 42.6 Å². The van der Waals surface area contributed by atoms with Crippen LogP contribution < -0.4 is 10.5 Å². The highest BCUT2D eigenvalue weighted by molar-refractivity contribution is 5.63. The van der Waals surface area contributed by atoms with E-state index in [1.54, 1.807) is 12.4 Å². The van der Waals surface area contributed by atoms with Gasteiger partial charge in [0.1, 0.15) is 0 Å². The van der Waals surface area contributed by atoms with Gasteiger partial charge in [-0.05, 0) is 57.6 Å². The molecule has 9 heteroatoms. The van der Waals surface area contributed by atoms with E-state index >= 15 is 0 Å². The third-order valence-corrected chi connectivity index (χ3v) is 6.85. The van der Waals surface area contributed by atoms with E-state index in [0.29, 0.717) is 43.5 Å². The summed E-state index contributed by atoms with van der Waals surface area (Å²) in [6.07, 6.45) is 8.48. The van der Waals surface area contributed by atoms with Gasteiger partial charge in [0.05, 0.1) is 35.9 Å². The predicted octanol–water partition coefficient (Wildman–Crippen LogP) is 3.29. The maximum atomic E-state index is 11.2. The van der Waals surface area contributed by atoms with E-state index in [-0.39, 0.29) is 11.7 Å². The van der Waals surface area contributed by atoms with Crippen molar-refractivity contribution in [1.29, 1.82) is 0 Å². The number of anilines is 1. The topological polar surface area (TPSA) is 112 Å². The van der Waals surface area contributed by atoms with Crippen LogP contribution in [0.1, 0.15) is 42.9 Å². The molecule has 4 heterocycles. The number of aryl methyl sites for hydroxylation is 1. The molecule has 0 atom stereocenters. The van der Waals surface area contributed by atoms with E-state index in [2.05, 4.69) is 27.0 Å². The van der Waals surface area contributed by atoms with E-state index in [1.807, 2.05) is 36.0 Å². The molecule has 0 aliphatic carbocycles. The summed E-state index contributed by atoms with van der Waals surface area (Å²) in [5.41, 5.74) is 8.58. The first-order valence-corrected chi connectivity index (χ1v) is 11.9. The lowest BCUT2D eigenvalue weighted by Crippen LogP contribution is -2.33. The van der Waals surface area contributed by atoms with Gasteiger partial charge in [0.15, 0.2) is 11.6 Å². The molecular weight excluding hydrogens is 432 g/mol. The van der Waals surface area contributed by atoms with Crippen LogP contribution in [0.25, 0.3) is 11.3 Å². The van der Waals surface area contributed by atoms with E-state index < -0.39 is 5.60 Å². The largest absolute Gasteiger partial charge is 0.433 e. The Labute approximate surface area is 199 Å². The zero-order chi connectivity index (χ0) is 23.7. The standard InChI is InChI=1S/C25H32N6O3/c1-17-11-18(13-19(12-17)25(32)5-9-33-10-6-25)22-15-27-23(26)24(29-22)34-21-14-28-31(16-21)20-3-7-30(2)8-4-20/h11-16,20,32H,3-10H2,1-2H3,(H2,26,27). The molecule has 2 aromatic heterocycles. The summed E-state index contributed by atoms with van der Waals surface area (Å²) in [5.74, 6) is 1.04. The monoisotopic (exact) mass is 464 g/mol. The average Bonchev–Trinajstić information content (AvgIpc) is 3.29. The third-order valence-electron chi connectivity index (χ3n) is 6.85. The number of hydrogen-bond acceptors (Lipinski definition) is 8. The number of likely N-dealkylation sites (tertiary alicyclic amines) is 1. The number of nitrogens with two attached hydrogens (primary N) is 1. The molecule has 2 aliphatic heterocycles. The molecule has 2 fully saturated rings. The van der Waals surface area contributed by atoms with Gasteiger partial charge in [-0.1, -0.05) is 11.6 Å². The number of piperidine rings is 1. The number of ether oxygens (including phenoxy) is 2. The van der Waals surface area contributed by atoms with Crippen LogP contribution in [0, 0.1) is 6.92 Å². The number of hydrogen-bond donors (Lipinski definition) is 2. The smallest absolute Gasteiger partial charge is 0.263 e. The Balaban J connectivity index is 1.38. The Morgan fingerprint density at radius 3 is 2.68 bits per heavy atom. The molecule has 0 saturated carbocycles. The Hall–Kier alpha value is -3.01. The van der Waals surface area contributed by atoms with Gasteiger partial charge >= 0.3 is 0 Å². The van der Waals surface area contributed by atoms with E-state index in [9.17, 15) is 5.11 Å². The van der Waals surface area contributed by atoms with Gasteiger partial charge in [0, 0.05) is 31.6 Å². The number of nitrogen functional groups attached to an aromatic ring is 1. The molecule has 3 N–H and O–H groups in total. The van der Waals surface area contributed by atoms with Crippen LogP contribution in [-0.2, 0) is 10.3 Å². The van der Waals surface area contributed by atoms with Crippen LogP contribution in [-0.4, -0.2) is 63.1 Å². The second-order valence-electron chi connectivity index (χ2n) is 9.47. The van der Waals surface area contributed by atoms with Gasteiger partial charge < -0.3 is 25.2 Å². The molecule has 5 rings (SSSR count). The van der Waals surface area contributed by atoms with E-state index in [1.165, 1.54) is 0 Å². The lowest BCUT2D eigenvalue weighted by molar-refractivity contribution is -0.0679. The van der Waals surface area contributed by atoms with Crippen molar-refractivity contribution in [3.05, 3.63) is 47.9 Å². The Kier molecular flexibility index (Phi) is 6.24. The molecule has 3 aromatic rings. The van der Waals surface area contributed by atoms with Crippen molar-refractivity contribution in [2.24, 2.45) is 0 Å². The minimum Gasteiger partial charge on any atom is -0.433 e. The van der Waals surface area contributed by atoms with Crippen molar-refractivity contribution in [2.45, 2.75) is 44.2 Å².